The number of pyridine rings is 1. The number of carbonyl (C=O) groups excluding carboxylic acids is 2. The third-order valence-corrected chi connectivity index (χ3v) is 5.26. The van der Waals surface area contributed by atoms with Gasteiger partial charge in [0, 0.05) is 17.1 Å². The van der Waals surface area contributed by atoms with Crippen molar-refractivity contribution >= 4 is 35.0 Å². The van der Waals surface area contributed by atoms with Crippen LogP contribution < -0.4 is 15.4 Å². The van der Waals surface area contributed by atoms with Crippen LogP contribution in [0, 0.1) is 13.8 Å². The van der Waals surface area contributed by atoms with Crippen molar-refractivity contribution in [1.29, 1.82) is 0 Å². The van der Waals surface area contributed by atoms with Gasteiger partial charge in [0.2, 0.25) is 5.91 Å². The van der Waals surface area contributed by atoms with Crippen LogP contribution in [0.25, 0.3) is 0 Å². The van der Waals surface area contributed by atoms with Gasteiger partial charge < -0.3 is 15.4 Å². The standard InChI is InChI=1S/C23H23N3O3S/c1-15-13-16(2)24-23(30-14-20(27)25-17-7-5-4-6-8-17)21(15)22(28)26-18-9-11-19(29-3)12-10-18/h4-13H,14H2,1-3H3,(H,25,27)(H,26,28). The molecule has 2 aromatic carbocycles. The minimum Gasteiger partial charge on any atom is -0.497 e. The largest absolute Gasteiger partial charge is 0.497 e. The molecule has 0 saturated carbocycles. The molecule has 6 nitrogen and oxygen atoms in total. The molecule has 0 aliphatic carbocycles. The Balaban J connectivity index is 1.74. The molecule has 0 aliphatic heterocycles. The average molecular weight is 422 g/mol. The molecule has 0 aliphatic rings. The first-order valence-electron chi connectivity index (χ1n) is 9.37. The fraction of sp³-hybridized carbons (Fsp3) is 0.174. The molecule has 7 heteroatoms. The van der Waals surface area contributed by atoms with Crippen LogP contribution in [-0.4, -0.2) is 29.7 Å². The Kier molecular flexibility index (Phi) is 7.08. The fourth-order valence-electron chi connectivity index (χ4n) is 2.90. The molecule has 0 radical (unpaired) electrons. The molecule has 3 rings (SSSR count). The van der Waals surface area contributed by atoms with Crippen molar-refractivity contribution in [3.05, 3.63) is 77.5 Å². The number of aryl methyl sites for hydroxylation is 2. The summed E-state index contributed by atoms with van der Waals surface area (Å²) in [7, 11) is 1.59. The quantitative estimate of drug-likeness (QED) is 0.541. The van der Waals surface area contributed by atoms with Crippen molar-refractivity contribution in [3.63, 3.8) is 0 Å². The average Bonchev–Trinajstić information content (AvgIpc) is 2.73. The first kappa shape index (κ1) is 21.4. The van der Waals surface area contributed by atoms with E-state index in [1.165, 1.54) is 11.8 Å². The van der Waals surface area contributed by atoms with Gasteiger partial charge in [-0.2, -0.15) is 0 Å². The van der Waals surface area contributed by atoms with E-state index in [9.17, 15) is 9.59 Å². The van der Waals surface area contributed by atoms with Crippen LogP contribution in [0.15, 0.2) is 65.7 Å². The summed E-state index contributed by atoms with van der Waals surface area (Å²) >= 11 is 1.24. The second-order valence-corrected chi connectivity index (χ2v) is 7.61. The van der Waals surface area contributed by atoms with Crippen LogP contribution in [0.5, 0.6) is 5.75 Å². The number of aromatic nitrogens is 1. The Hall–Kier alpha value is -3.32. The number of benzene rings is 2. The molecule has 0 unspecified atom stereocenters. The lowest BCUT2D eigenvalue weighted by Gasteiger charge is -2.13. The number of para-hydroxylation sites is 1. The van der Waals surface area contributed by atoms with E-state index in [2.05, 4.69) is 15.6 Å². The maximum absolute atomic E-state index is 13.0. The smallest absolute Gasteiger partial charge is 0.258 e. The monoisotopic (exact) mass is 421 g/mol. The summed E-state index contributed by atoms with van der Waals surface area (Å²) in [4.78, 5) is 29.8. The molecule has 3 aromatic rings. The molecule has 0 bridgehead atoms. The molecule has 30 heavy (non-hydrogen) atoms. The fourth-order valence-corrected chi connectivity index (χ4v) is 3.85. The van der Waals surface area contributed by atoms with Gasteiger partial charge in [0.15, 0.2) is 0 Å². The Morgan fingerprint density at radius 2 is 1.63 bits per heavy atom. The summed E-state index contributed by atoms with van der Waals surface area (Å²) in [5, 5.41) is 6.26. The van der Waals surface area contributed by atoms with Gasteiger partial charge in [-0.05, 0) is 61.9 Å². The molecule has 2 amide bonds. The van der Waals surface area contributed by atoms with E-state index in [-0.39, 0.29) is 17.6 Å². The number of hydrogen-bond donors (Lipinski definition) is 2. The Bertz CT molecular complexity index is 1040. The van der Waals surface area contributed by atoms with Crippen molar-refractivity contribution in [1.82, 2.24) is 4.98 Å². The highest BCUT2D eigenvalue weighted by atomic mass is 32.2. The number of amides is 2. The molecule has 2 N–H and O–H groups in total. The van der Waals surface area contributed by atoms with Gasteiger partial charge in [0.25, 0.3) is 5.91 Å². The minimum atomic E-state index is -0.267. The number of ether oxygens (including phenoxy) is 1. The van der Waals surface area contributed by atoms with E-state index in [1.54, 1.807) is 31.4 Å². The molecule has 0 fully saturated rings. The number of rotatable bonds is 7. The van der Waals surface area contributed by atoms with Crippen LogP contribution >= 0.6 is 11.8 Å². The molecular weight excluding hydrogens is 398 g/mol. The van der Waals surface area contributed by atoms with E-state index in [4.69, 9.17) is 4.74 Å². The Morgan fingerprint density at radius 3 is 2.30 bits per heavy atom. The van der Waals surface area contributed by atoms with E-state index in [0.717, 1.165) is 16.9 Å². The maximum atomic E-state index is 13.0. The first-order chi connectivity index (χ1) is 14.5. The Labute approximate surface area is 180 Å². The van der Waals surface area contributed by atoms with Crippen LogP contribution in [0.1, 0.15) is 21.6 Å². The summed E-state index contributed by atoms with van der Waals surface area (Å²) < 4.78 is 5.14. The summed E-state index contributed by atoms with van der Waals surface area (Å²) in [6, 6.07) is 18.2. The number of hydrogen-bond acceptors (Lipinski definition) is 5. The minimum absolute atomic E-state index is 0.146. The number of nitrogens with one attached hydrogen (secondary N) is 2. The summed E-state index contributed by atoms with van der Waals surface area (Å²) in [5.41, 5.74) is 3.44. The van der Waals surface area contributed by atoms with Crippen molar-refractivity contribution < 1.29 is 14.3 Å². The number of carbonyl (C=O) groups is 2. The van der Waals surface area contributed by atoms with E-state index in [1.807, 2.05) is 50.2 Å². The van der Waals surface area contributed by atoms with Crippen molar-refractivity contribution in [3.8, 4) is 5.75 Å². The third kappa shape index (κ3) is 5.61. The predicted molar refractivity (Wildman–Crippen MR) is 120 cm³/mol. The second kappa shape index (κ2) is 9.93. The lowest BCUT2D eigenvalue weighted by atomic mass is 10.1. The zero-order valence-electron chi connectivity index (χ0n) is 17.1. The van der Waals surface area contributed by atoms with Gasteiger partial charge in [0.1, 0.15) is 10.8 Å². The molecule has 1 aromatic heterocycles. The molecule has 1 heterocycles. The SMILES string of the molecule is COc1ccc(NC(=O)c2c(C)cc(C)nc2SCC(=O)Nc2ccccc2)cc1. The van der Waals surface area contributed by atoms with Gasteiger partial charge in [-0.3, -0.25) is 9.59 Å². The van der Waals surface area contributed by atoms with Crippen LogP contribution in [0.2, 0.25) is 0 Å². The normalized spacial score (nSPS) is 10.4. The highest BCUT2D eigenvalue weighted by Crippen LogP contribution is 2.26. The van der Waals surface area contributed by atoms with Crippen LogP contribution in [0.4, 0.5) is 11.4 Å². The van der Waals surface area contributed by atoms with Crippen LogP contribution in [-0.2, 0) is 4.79 Å². The zero-order chi connectivity index (χ0) is 21.5. The molecule has 0 saturated heterocycles. The topological polar surface area (TPSA) is 80.3 Å². The van der Waals surface area contributed by atoms with Gasteiger partial charge in [-0.15, -0.1) is 0 Å². The highest BCUT2D eigenvalue weighted by molar-refractivity contribution is 8.00. The third-order valence-electron chi connectivity index (χ3n) is 4.28. The summed E-state index contributed by atoms with van der Waals surface area (Å²) in [6.07, 6.45) is 0. The van der Waals surface area contributed by atoms with Gasteiger partial charge in [-0.25, -0.2) is 4.98 Å². The maximum Gasteiger partial charge on any atom is 0.258 e. The van der Waals surface area contributed by atoms with Gasteiger partial charge in [-0.1, -0.05) is 30.0 Å². The molecule has 0 atom stereocenters. The molecular formula is C23H23N3O3S. The molecule has 154 valence electrons. The van der Waals surface area contributed by atoms with Crippen molar-refractivity contribution in [2.45, 2.75) is 18.9 Å². The van der Waals surface area contributed by atoms with Crippen LogP contribution in [0.3, 0.4) is 0 Å². The predicted octanol–water partition coefficient (Wildman–Crippen LogP) is 4.69. The van der Waals surface area contributed by atoms with Gasteiger partial charge >= 0.3 is 0 Å². The van der Waals surface area contributed by atoms with Crippen molar-refractivity contribution in [2.24, 2.45) is 0 Å². The lowest BCUT2D eigenvalue weighted by Crippen LogP contribution is -2.18. The second-order valence-electron chi connectivity index (χ2n) is 6.65. The van der Waals surface area contributed by atoms with E-state index >= 15 is 0 Å². The summed E-state index contributed by atoms with van der Waals surface area (Å²) in [5.74, 6) is 0.430. The lowest BCUT2D eigenvalue weighted by molar-refractivity contribution is -0.113. The molecule has 0 spiro atoms. The van der Waals surface area contributed by atoms with E-state index in [0.29, 0.717) is 22.0 Å². The van der Waals surface area contributed by atoms with Crippen molar-refractivity contribution in [2.75, 3.05) is 23.5 Å². The van der Waals surface area contributed by atoms with Gasteiger partial charge in [0.05, 0.1) is 18.4 Å². The number of anilines is 2. The number of methoxy groups -OCH3 is 1. The zero-order valence-corrected chi connectivity index (χ0v) is 17.9. The first-order valence-corrected chi connectivity index (χ1v) is 10.4. The van der Waals surface area contributed by atoms with E-state index < -0.39 is 0 Å². The number of nitrogens with zero attached hydrogens (tertiary/aromatic N) is 1. The Morgan fingerprint density at radius 1 is 0.967 bits per heavy atom. The highest BCUT2D eigenvalue weighted by Gasteiger charge is 2.18. The summed E-state index contributed by atoms with van der Waals surface area (Å²) in [6.45, 7) is 3.73. The number of thioether (sulfide) groups is 1.